The molecule has 6 nitrogen and oxygen atoms in total. The molecule has 0 bridgehead atoms. The first-order valence-corrected chi connectivity index (χ1v) is 16.3. The van der Waals surface area contributed by atoms with Crippen LogP contribution in [0.2, 0.25) is 0 Å². The summed E-state index contributed by atoms with van der Waals surface area (Å²) < 4.78 is 6.04. The quantitative estimate of drug-likeness (QED) is 0.231. The predicted octanol–water partition coefficient (Wildman–Crippen LogP) is 7.86. The lowest BCUT2D eigenvalue weighted by atomic mass is 9.67. The minimum Gasteiger partial charge on any atom is -0.457 e. The zero-order valence-corrected chi connectivity index (χ0v) is 26.1. The average molecular weight is 589 g/mol. The Bertz CT molecular complexity index is 1670. The van der Waals surface area contributed by atoms with Crippen molar-refractivity contribution in [3.63, 3.8) is 0 Å². The highest BCUT2D eigenvalue weighted by atomic mass is 16.5. The molecule has 44 heavy (non-hydrogen) atoms. The molecule has 3 aromatic carbocycles. The number of hydrogen-bond acceptors (Lipinski definition) is 4. The Morgan fingerprint density at radius 2 is 1.82 bits per heavy atom. The molecule has 1 aromatic heterocycles. The summed E-state index contributed by atoms with van der Waals surface area (Å²) in [5, 5.41) is 4.73. The van der Waals surface area contributed by atoms with Gasteiger partial charge >= 0.3 is 0 Å². The van der Waals surface area contributed by atoms with Crippen molar-refractivity contribution in [2.45, 2.75) is 44.9 Å². The van der Waals surface area contributed by atoms with Crippen LogP contribution in [-0.2, 0) is 5.41 Å². The van der Waals surface area contributed by atoms with Gasteiger partial charge in [0.25, 0.3) is 5.91 Å². The number of H-pyrrole nitrogens is 1. The standard InChI is InChI=1S/C38H44N4O2/c1-4-28-6-9-31(10-7-28)44-32-11-8-30-22-36(40-34(30)23-32)37(43)42-18-14-29(15-19-42)13-17-41-20-16-38(27(3)24-41)25-39-35-21-26(2)5-12-33(35)38/h4-12,21-23,27,29,39-40H,1,13-20,24-25H2,2-3H3. The molecule has 7 rings (SSSR count). The molecule has 3 aliphatic heterocycles. The average Bonchev–Trinajstić information content (AvgIpc) is 3.63. The number of ether oxygens (including phenoxy) is 1. The molecular weight excluding hydrogens is 544 g/mol. The van der Waals surface area contributed by atoms with Gasteiger partial charge in [0.05, 0.1) is 0 Å². The number of piperidine rings is 2. The first kappa shape index (κ1) is 28.7. The summed E-state index contributed by atoms with van der Waals surface area (Å²) >= 11 is 0. The third kappa shape index (κ3) is 5.52. The maximum atomic E-state index is 13.4. The van der Waals surface area contributed by atoms with Gasteiger partial charge in [-0.2, -0.15) is 0 Å². The van der Waals surface area contributed by atoms with Gasteiger partial charge in [0.15, 0.2) is 0 Å². The summed E-state index contributed by atoms with van der Waals surface area (Å²) in [7, 11) is 0. The molecule has 1 spiro atoms. The van der Waals surface area contributed by atoms with Crippen LogP contribution < -0.4 is 10.1 Å². The largest absolute Gasteiger partial charge is 0.457 e. The van der Waals surface area contributed by atoms with Gasteiger partial charge < -0.3 is 24.8 Å². The SMILES string of the molecule is C=Cc1ccc(Oc2ccc3cc(C(=O)N4CCC(CCN5CCC6(CNc7cc(C)ccc76)C(C)C5)CC4)[nH]c3c2)cc1. The molecule has 2 saturated heterocycles. The Balaban J connectivity index is 0.899. The number of amides is 1. The van der Waals surface area contributed by atoms with Crippen molar-refractivity contribution in [3.05, 3.63) is 95.7 Å². The molecule has 3 aliphatic rings. The fourth-order valence-corrected chi connectivity index (χ4v) is 7.76. The second-order valence-corrected chi connectivity index (χ2v) is 13.3. The molecule has 2 N–H and O–H groups in total. The smallest absolute Gasteiger partial charge is 0.270 e. The molecule has 2 unspecified atom stereocenters. The lowest BCUT2D eigenvalue weighted by Crippen LogP contribution is -2.50. The van der Waals surface area contributed by atoms with Crippen LogP contribution in [0.15, 0.2) is 73.3 Å². The summed E-state index contributed by atoms with van der Waals surface area (Å²) in [6, 6.07) is 22.7. The van der Waals surface area contributed by atoms with Crippen molar-refractivity contribution >= 4 is 28.6 Å². The number of benzene rings is 3. The highest BCUT2D eigenvalue weighted by molar-refractivity contribution is 5.98. The van der Waals surface area contributed by atoms with Crippen LogP contribution in [0.5, 0.6) is 11.5 Å². The molecule has 0 radical (unpaired) electrons. The molecule has 4 heterocycles. The minimum absolute atomic E-state index is 0.0953. The summed E-state index contributed by atoms with van der Waals surface area (Å²) in [6.07, 6.45) is 6.43. The Morgan fingerprint density at radius 3 is 2.59 bits per heavy atom. The fraction of sp³-hybridized carbons (Fsp3) is 0.395. The first-order chi connectivity index (χ1) is 21.4. The highest BCUT2D eigenvalue weighted by Crippen LogP contribution is 2.47. The van der Waals surface area contributed by atoms with Crippen LogP contribution in [0.3, 0.4) is 0 Å². The van der Waals surface area contributed by atoms with E-state index in [0.29, 0.717) is 17.5 Å². The number of rotatable bonds is 7. The number of likely N-dealkylation sites (tertiary alicyclic amines) is 2. The summed E-state index contributed by atoms with van der Waals surface area (Å²) in [5.41, 5.74) is 7.11. The Hall–Kier alpha value is -4.03. The predicted molar refractivity (Wildman–Crippen MR) is 180 cm³/mol. The maximum Gasteiger partial charge on any atom is 0.270 e. The van der Waals surface area contributed by atoms with Crippen molar-refractivity contribution in [3.8, 4) is 11.5 Å². The van der Waals surface area contributed by atoms with Crippen molar-refractivity contribution in [2.75, 3.05) is 44.6 Å². The van der Waals surface area contributed by atoms with Gasteiger partial charge in [-0.05, 0) is 111 Å². The zero-order chi connectivity index (χ0) is 30.3. The van der Waals surface area contributed by atoms with E-state index in [1.807, 2.05) is 59.5 Å². The lowest BCUT2D eigenvalue weighted by Gasteiger charge is -2.45. The van der Waals surface area contributed by atoms with E-state index in [1.54, 1.807) is 0 Å². The van der Waals surface area contributed by atoms with Gasteiger partial charge in [0, 0.05) is 54.3 Å². The van der Waals surface area contributed by atoms with Crippen molar-refractivity contribution in [2.24, 2.45) is 11.8 Å². The second kappa shape index (κ2) is 11.8. The summed E-state index contributed by atoms with van der Waals surface area (Å²) in [4.78, 5) is 21.5. The number of nitrogens with zero attached hydrogens (tertiary/aromatic N) is 2. The number of carbonyl (C=O) groups excluding carboxylic acids is 1. The molecule has 228 valence electrons. The van der Waals surface area contributed by atoms with Gasteiger partial charge in [-0.25, -0.2) is 0 Å². The maximum absolute atomic E-state index is 13.4. The van der Waals surface area contributed by atoms with E-state index in [1.165, 1.54) is 42.7 Å². The number of carbonyl (C=O) groups is 1. The second-order valence-electron chi connectivity index (χ2n) is 13.3. The normalized spacial score (nSPS) is 22.2. The first-order valence-electron chi connectivity index (χ1n) is 16.3. The number of anilines is 1. The molecule has 0 saturated carbocycles. The molecule has 6 heteroatoms. The van der Waals surface area contributed by atoms with E-state index in [0.717, 1.165) is 67.0 Å². The van der Waals surface area contributed by atoms with Gasteiger partial charge in [0.2, 0.25) is 0 Å². The lowest BCUT2D eigenvalue weighted by molar-refractivity contribution is 0.0659. The van der Waals surface area contributed by atoms with E-state index in [-0.39, 0.29) is 11.3 Å². The van der Waals surface area contributed by atoms with Crippen molar-refractivity contribution in [1.82, 2.24) is 14.8 Å². The van der Waals surface area contributed by atoms with Crippen LogP contribution in [0, 0.1) is 18.8 Å². The zero-order valence-electron chi connectivity index (χ0n) is 26.1. The van der Waals surface area contributed by atoms with Crippen LogP contribution in [0.4, 0.5) is 5.69 Å². The fourth-order valence-electron chi connectivity index (χ4n) is 7.76. The van der Waals surface area contributed by atoms with Crippen molar-refractivity contribution in [1.29, 1.82) is 0 Å². The number of nitrogens with one attached hydrogen (secondary N) is 2. The van der Waals surface area contributed by atoms with Crippen LogP contribution in [0.1, 0.15) is 59.8 Å². The van der Waals surface area contributed by atoms with Gasteiger partial charge in [0.1, 0.15) is 17.2 Å². The van der Waals surface area contributed by atoms with Crippen molar-refractivity contribution < 1.29 is 9.53 Å². The van der Waals surface area contributed by atoms with Gasteiger partial charge in [-0.3, -0.25) is 4.79 Å². The van der Waals surface area contributed by atoms with Crippen LogP contribution >= 0.6 is 0 Å². The molecule has 2 fully saturated rings. The van der Waals surface area contributed by atoms with E-state index < -0.39 is 0 Å². The molecule has 4 aromatic rings. The number of aromatic amines is 1. The molecule has 1 amide bonds. The Kier molecular flexibility index (Phi) is 7.71. The van der Waals surface area contributed by atoms with E-state index >= 15 is 0 Å². The van der Waals surface area contributed by atoms with Crippen LogP contribution in [-0.4, -0.2) is 60.0 Å². The number of hydrogen-bond donors (Lipinski definition) is 2. The number of fused-ring (bicyclic) bond motifs is 3. The summed E-state index contributed by atoms with van der Waals surface area (Å²) in [5.74, 6) is 2.92. The highest BCUT2D eigenvalue weighted by Gasteiger charge is 2.46. The third-order valence-corrected chi connectivity index (χ3v) is 10.6. The Morgan fingerprint density at radius 1 is 1.02 bits per heavy atom. The van der Waals surface area contributed by atoms with Crippen LogP contribution in [0.25, 0.3) is 17.0 Å². The molecule has 0 aliphatic carbocycles. The topological polar surface area (TPSA) is 60.6 Å². The van der Waals surface area contributed by atoms with E-state index in [9.17, 15) is 4.79 Å². The monoisotopic (exact) mass is 588 g/mol. The number of aromatic nitrogens is 1. The van der Waals surface area contributed by atoms with E-state index in [2.05, 4.69) is 53.8 Å². The van der Waals surface area contributed by atoms with Gasteiger partial charge in [-0.1, -0.05) is 43.8 Å². The summed E-state index contributed by atoms with van der Waals surface area (Å²) in [6.45, 7) is 14.7. The molecular formula is C38H44N4O2. The van der Waals surface area contributed by atoms with E-state index in [4.69, 9.17) is 4.74 Å². The molecule has 2 atom stereocenters. The minimum atomic E-state index is 0.0953. The van der Waals surface area contributed by atoms with Gasteiger partial charge in [-0.15, -0.1) is 0 Å². The Labute approximate surface area is 261 Å². The number of aryl methyl sites for hydroxylation is 1. The third-order valence-electron chi connectivity index (χ3n) is 10.6.